The quantitative estimate of drug-likeness (QED) is 0.430. The van der Waals surface area contributed by atoms with E-state index in [2.05, 4.69) is 12.2 Å². The molecule has 0 spiro atoms. The number of carbonyl (C=O) groups excluding carboxylic acids is 2. The lowest BCUT2D eigenvalue weighted by atomic mass is 10.0. The van der Waals surface area contributed by atoms with E-state index < -0.39 is 23.4 Å². The predicted molar refractivity (Wildman–Crippen MR) is 86.3 cm³/mol. The number of ketones is 1. The molecule has 4 nitrogen and oxygen atoms in total. The Balaban J connectivity index is 2.73. The van der Waals surface area contributed by atoms with Gasteiger partial charge in [-0.25, -0.2) is 0 Å². The van der Waals surface area contributed by atoms with E-state index in [9.17, 15) is 14.7 Å². The SMILES string of the molecule is CCCSc1ccc(C(=O)[C@@H](CO)NC(=O)C(Cl)Cl)cc1. The summed E-state index contributed by atoms with van der Waals surface area (Å²) in [6.45, 7) is 1.58. The summed E-state index contributed by atoms with van der Waals surface area (Å²) in [4.78, 5) is 23.4. The van der Waals surface area contributed by atoms with Crippen LogP contribution in [-0.2, 0) is 4.79 Å². The van der Waals surface area contributed by atoms with Gasteiger partial charge in [-0.15, -0.1) is 11.8 Å². The molecule has 1 aromatic rings. The van der Waals surface area contributed by atoms with Gasteiger partial charge in [0.15, 0.2) is 10.6 Å². The smallest absolute Gasteiger partial charge is 0.253 e. The van der Waals surface area contributed by atoms with Crippen LogP contribution >= 0.6 is 35.0 Å². The van der Waals surface area contributed by atoms with E-state index in [1.807, 2.05) is 12.1 Å². The fraction of sp³-hybridized carbons (Fsp3) is 0.429. The zero-order valence-corrected chi connectivity index (χ0v) is 13.8. The molecular formula is C14H17Cl2NO3S. The van der Waals surface area contributed by atoms with Crippen LogP contribution in [0, 0.1) is 0 Å². The second kappa shape index (κ2) is 9.30. The largest absolute Gasteiger partial charge is 0.394 e. The van der Waals surface area contributed by atoms with Crippen LogP contribution in [-0.4, -0.2) is 40.0 Å². The number of thioether (sulfide) groups is 1. The number of amides is 1. The van der Waals surface area contributed by atoms with Gasteiger partial charge in [0.2, 0.25) is 0 Å². The molecule has 1 aromatic carbocycles. The summed E-state index contributed by atoms with van der Waals surface area (Å²) in [5.74, 6) is -0.0807. The summed E-state index contributed by atoms with van der Waals surface area (Å²) in [7, 11) is 0. The van der Waals surface area contributed by atoms with E-state index in [4.69, 9.17) is 23.2 Å². The van der Waals surface area contributed by atoms with Crippen LogP contribution in [0.15, 0.2) is 29.2 Å². The van der Waals surface area contributed by atoms with Crippen LogP contribution in [0.5, 0.6) is 0 Å². The number of carbonyl (C=O) groups is 2. The molecule has 116 valence electrons. The van der Waals surface area contributed by atoms with E-state index in [1.54, 1.807) is 23.9 Å². The molecule has 0 fully saturated rings. The maximum Gasteiger partial charge on any atom is 0.253 e. The number of alkyl halides is 2. The number of hydrogen-bond donors (Lipinski definition) is 2. The van der Waals surface area contributed by atoms with E-state index in [1.165, 1.54) is 0 Å². The summed E-state index contributed by atoms with van der Waals surface area (Å²) < 4.78 is 0. The molecule has 1 amide bonds. The highest BCUT2D eigenvalue weighted by atomic mass is 35.5. The molecule has 0 heterocycles. The molecule has 1 rings (SSSR count). The Bertz CT molecular complexity index is 480. The molecule has 2 N–H and O–H groups in total. The van der Waals surface area contributed by atoms with Crippen molar-refractivity contribution in [3.05, 3.63) is 29.8 Å². The van der Waals surface area contributed by atoms with Gasteiger partial charge in [0.05, 0.1) is 6.61 Å². The van der Waals surface area contributed by atoms with Gasteiger partial charge in [0, 0.05) is 10.5 Å². The molecule has 0 saturated heterocycles. The molecule has 7 heteroatoms. The number of aliphatic hydroxyl groups excluding tert-OH is 1. The van der Waals surface area contributed by atoms with E-state index in [-0.39, 0.29) is 5.78 Å². The monoisotopic (exact) mass is 349 g/mol. The second-order valence-electron chi connectivity index (χ2n) is 4.28. The second-order valence-corrected chi connectivity index (χ2v) is 6.55. The summed E-state index contributed by atoms with van der Waals surface area (Å²) in [6.07, 6.45) is 1.07. The first kappa shape index (κ1) is 18.3. The fourth-order valence-corrected chi connectivity index (χ4v) is 2.46. The lowest BCUT2D eigenvalue weighted by Gasteiger charge is -2.15. The van der Waals surface area contributed by atoms with Crippen LogP contribution in [0.25, 0.3) is 0 Å². The van der Waals surface area contributed by atoms with Crippen molar-refractivity contribution in [1.29, 1.82) is 0 Å². The normalized spacial score (nSPS) is 12.2. The maximum atomic E-state index is 12.2. The van der Waals surface area contributed by atoms with Crippen molar-refractivity contribution in [3.8, 4) is 0 Å². The predicted octanol–water partition coefficient (Wildman–Crippen LogP) is 2.65. The van der Waals surface area contributed by atoms with Gasteiger partial charge in [-0.05, 0) is 24.3 Å². The number of aliphatic hydroxyl groups is 1. The Morgan fingerprint density at radius 3 is 2.38 bits per heavy atom. The number of hydrogen-bond acceptors (Lipinski definition) is 4. The van der Waals surface area contributed by atoms with Crippen molar-refractivity contribution >= 4 is 46.7 Å². The summed E-state index contributed by atoms with van der Waals surface area (Å²) in [5, 5.41) is 11.5. The Labute approximate surface area is 138 Å². The minimum absolute atomic E-state index is 0.383. The average Bonchev–Trinajstić information content (AvgIpc) is 2.50. The van der Waals surface area contributed by atoms with Gasteiger partial charge < -0.3 is 10.4 Å². The zero-order chi connectivity index (χ0) is 15.8. The number of nitrogens with one attached hydrogen (secondary N) is 1. The van der Waals surface area contributed by atoms with Crippen LogP contribution < -0.4 is 5.32 Å². The van der Waals surface area contributed by atoms with E-state index in [0.29, 0.717) is 5.56 Å². The molecule has 0 unspecified atom stereocenters. The van der Waals surface area contributed by atoms with Gasteiger partial charge in [-0.2, -0.15) is 0 Å². The highest BCUT2D eigenvalue weighted by Gasteiger charge is 2.23. The third-order valence-corrected chi connectivity index (χ3v) is 4.24. The van der Waals surface area contributed by atoms with Crippen LogP contribution in [0.2, 0.25) is 0 Å². The Hall–Kier alpha value is -0.750. The molecule has 0 aromatic heterocycles. The molecular weight excluding hydrogens is 333 g/mol. The topological polar surface area (TPSA) is 66.4 Å². The lowest BCUT2D eigenvalue weighted by Crippen LogP contribution is -2.45. The third kappa shape index (κ3) is 5.87. The van der Waals surface area contributed by atoms with E-state index in [0.717, 1.165) is 17.1 Å². The van der Waals surface area contributed by atoms with Crippen molar-refractivity contribution in [2.75, 3.05) is 12.4 Å². The Kier molecular flexibility index (Phi) is 8.11. The van der Waals surface area contributed by atoms with Crippen molar-refractivity contribution in [3.63, 3.8) is 0 Å². The third-order valence-electron chi connectivity index (χ3n) is 2.63. The first-order chi connectivity index (χ1) is 9.99. The van der Waals surface area contributed by atoms with Crippen molar-refractivity contribution in [2.24, 2.45) is 0 Å². The first-order valence-electron chi connectivity index (χ1n) is 6.46. The number of rotatable bonds is 8. The number of Topliss-reactive ketones (excluding diaryl/α,β-unsaturated/α-hetero) is 1. The molecule has 0 radical (unpaired) electrons. The van der Waals surface area contributed by atoms with E-state index >= 15 is 0 Å². The minimum atomic E-state index is -1.28. The van der Waals surface area contributed by atoms with Crippen LogP contribution in [0.4, 0.5) is 0 Å². The zero-order valence-electron chi connectivity index (χ0n) is 11.5. The van der Waals surface area contributed by atoms with Crippen LogP contribution in [0.1, 0.15) is 23.7 Å². The molecule has 0 bridgehead atoms. The summed E-state index contributed by atoms with van der Waals surface area (Å²) >= 11 is 12.5. The van der Waals surface area contributed by atoms with Gasteiger partial charge >= 0.3 is 0 Å². The number of benzene rings is 1. The van der Waals surface area contributed by atoms with Crippen molar-refractivity contribution in [2.45, 2.75) is 29.1 Å². The molecule has 0 aliphatic rings. The average molecular weight is 350 g/mol. The van der Waals surface area contributed by atoms with Crippen LogP contribution in [0.3, 0.4) is 0 Å². The maximum absolute atomic E-state index is 12.2. The Morgan fingerprint density at radius 2 is 1.90 bits per heavy atom. The standard InChI is InChI=1S/C14H17Cl2NO3S/c1-2-7-21-10-5-3-9(4-6-10)12(19)11(8-18)17-14(20)13(15)16/h3-6,11,13,18H,2,7-8H2,1H3,(H,17,20)/t11-/m1/s1. The molecule has 0 saturated carbocycles. The van der Waals surface area contributed by atoms with Gasteiger partial charge in [-0.3, -0.25) is 9.59 Å². The van der Waals surface area contributed by atoms with Crippen molar-refractivity contribution < 1.29 is 14.7 Å². The number of halogens is 2. The fourth-order valence-electron chi connectivity index (χ4n) is 1.57. The Morgan fingerprint density at radius 1 is 1.29 bits per heavy atom. The minimum Gasteiger partial charge on any atom is -0.394 e. The lowest BCUT2D eigenvalue weighted by molar-refractivity contribution is -0.120. The van der Waals surface area contributed by atoms with Gasteiger partial charge in [0.25, 0.3) is 5.91 Å². The molecule has 1 atom stereocenters. The summed E-state index contributed by atoms with van der Waals surface area (Å²) in [5.41, 5.74) is 0.413. The molecule has 0 aliphatic carbocycles. The van der Waals surface area contributed by atoms with Gasteiger partial charge in [-0.1, -0.05) is 42.3 Å². The molecule has 0 aliphatic heterocycles. The van der Waals surface area contributed by atoms with Crippen molar-refractivity contribution in [1.82, 2.24) is 5.32 Å². The molecule has 21 heavy (non-hydrogen) atoms. The van der Waals surface area contributed by atoms with Gasteiger partial charge in [0.1, 0.15) is 6.04 Å². The summed E-state index contributed by atoms with van der Waals surface area (Å²) in [6, 6.07) is 5.99. The highest BCUT2D eigenvalue weighted by Crippen LogP contribution is 2.19. The first-order valence-corrected chi connectivity index (χ1v) is 8.31. The highest BCUT2D eigenvalue weighted by molar-refractivity contribution is 7.99.